The summed E-state index contributed by atoms with van der Waals surface area (Å²) in [4.78, 5) is 0. The van der Waals surface area contributed by atoms with Gasteiger partial charge in [-0.15, -0.1) is 0 Å². The Balaban J connectivity index is 1.62. The smallest absolute Gasteiger partial charge is 0.131 e. The van der Waals surface area contributed by atoms with Gasteiger partial charge in [-0.3, -0.25) is 0 Å². The van der Waals surface area contributed by atoms with E-state index < -0.39 is 0 Å². The van der Waals surface area contributed by atoms with Gasteiger partial charge in [0, 0.05) is 30.3 Å². The van der Waals surface area contributed by atoms with E-state index in [1.165, 1.54) is 11.6 Å². The van der Waals surface area contributed by atoms with Crippen LogP contribution in [0, 0.1) is 5.82 Å². The molecule has 0 unspecified atom stereocenters. The summed E-state index contributed by atoms with van der Waals surface area (Å²) < 4.78 is 25.0. The lowest BCUT2D eigenvalue weighted by Crippen LogP contribution is -2.13. The Morgan fingerprint density at radius 2 is 2.04 bits per heavy atom. The van der Waals surface area contributed by atoms with E-state index in [0.29, 0.717) is 22.9 Å². The van der Waals surface area contributed by atoms with Crippen LogP contribution in [0.5, 0.6) is 11.5 Å². The molecule has 0 saturated heterocycles. The molecular formula is C20H19ClFNO2S. The third-order valence-corrected chi connectivity index (χ3v) is 5.01. The Kier molecular flexibility index (Phi) is 6.50. The highest BCUT2D eigenvalue weighted by atomic mass is 35.5. The van der Waals surface area contributed by atoms with E-state index in [1.807, 2.05) is 12.1 Å². The van der Waals surface area contributed by atoms with Gasteiger partial charge >= 0.3 is 0 Å². The van der Waals surface area contributed by atoms with Gasteiger partial charge in [-0.25, -0.2) is 4.39 Å². The van der Waals surface area contributed by atoms with E-state index in [4.69, 9.17) is 21.1 Å². The maximum absolute atomic E-state index is 13.8. The summed E-state index contributed by atoms with van der Waals surface area (Å²) in [6.07, 6.45) is 0. The van der Waals surface area contributed by atoms with Gasteiger partial charge in [0.2, 0.25) is 0 Å². The molecule has 0 atom stereocenters. The van der Waals surface area contributed by atoms with Crippen LogP contribution in [0.4, 0.5) is 4.39 Å². The number of ether oxygens (including phenoxy) is 2. The second-order valence-electron chi connectivity index (χ2n) is 5.70. The molecule has 0 aliphatic heterocycles. The molecule has 3 rings (SSSR count). The number of rotatable bonds is 8. The number of nitrogens with one attached hydrogen (secondary N) is 1. The molecule has 0 amide bonds. The highest BCUT2D eigenvalue weighted by molar-refractivity contribution is 7.07. The van der Waals surface area contributed by atoms with Crippen molar-refractivity contribution in [2.75, 3.05) is 7.11 Å². The molecule has 26 heavy (non-hydrogen) atoms. The Morgan fingerprint density at radius 1 is 1.15 bits per heavy atom. The topological polar surface area (TPSA) is 30.5 Å². The molecule has 1 heterocycles. The summed E-state index contributed by atoms with van der Waals surface area (Å²) >= 11 is 7.71. The zero-order chi connectivity index (χ0) is 18.4. The summed E-state index contributed by atoms with van der Waals surface area (Å²) in [5.41, 5.74) is 2.63. The molecule has 0 radical (unpaired) electrons. The highest BCUT2D eigenvalue weighted by Gasteiger charge is 2.10. The molecule has 0 aliphatic rings. The lowest BCUT2D eigenvalue weighted by atomic mass is 10.2. The Hall–Kier alpha value is -2.08. The first kappa shape index (κ1) is 18.7. The Bertz CT molecular complexity index is 835. The Labute approximate surface area is 161 Å². The molecule has 1 N–H and O–H groups in total. The summed E-state index contributed by atoms with van der Waals surface area (Å²) in [7, 11) is 1.62. The largest absolute Gasteiger partial charge is 0.496 e. The van der Waals surface area contributed by atoms with Gasteiger partial charge in [-0.2, -0.15) is 11.3 Å². The first-order chi connectivity index (χ1) is 12.7. The molecule has 0 spiro atoms. The van der Waals surface area contributed by atoms with E-state index in [0.717, 1.165) is 17.9 Å². The van der Waals surface area contributed by atoms with Gasteiger partial charge < -0.3 is 14.8 Å². The minimum Gasteiger partial charge on any atom is -0.496 e. The van der Waals surface area contributed by atoms with E-state index >= 15 is 0 Å². The molecule has 2 aromatic carbocycles. The number of thiophene rings is 1. The third-order valence-electron chi connectivity index (χ3n) is 3.93. The molecule has 136 valence electrons. The number of halogens is 2. The molecule has 3 nitrogen and oxygen atoms in total. The average molecular weight is 392 g/mol. The third kappa shape index (κ3) is 4.75. The van der Waals surface area contributed by atoms with Crippen molar-refractivity contribution in [3.8, 4) is 11.5 Å². The molecule has 3 aromatic rings. The predicted octanol–water partition coefficient (Wildman–Crippen LogP) is 5.42. The van der Waals surface area contributed by atoms with Crippen LogP contribution in [-0.2, 0) is 19.7 Å². The van der Waals surface area contributed by atoms with E-state index in [1.54, 1.807) is 36.6 Å². The molecule has 1 aromatic heterocycles. The van der Waals surface area contributed by atoms with Crippen molar-refractivity contribution >= 4 is 22.9 Å². The van der Waals surface area contributed by atoms with E-state index in [9.17, 15) is 4.39 Å². The number of benzene rings is 2. The standard InChI is InChI=1S/C20H19ClFNO2S/c1-24-20-9-16(25-12-17-18(21)3-2-4-19(17)22)6-5-15(20)11-23-10-14-7-8-26-13-14/h2-9,13,23H,10-12H2,1H3. The van der Waals surface area contributed by atoms with Crippen LogP contribution in [0.25, 0.3) is 0 Å². The van der Waals surface area contributed by atoms with E-state index in [-0.39, 0.29) is 12.4 Å². The minimum atomic E-state index is -0.376. The van der Waals surface area contributed by atoms with Crippen molar-refractivity contribution in [3.63, 3.8) is 0 Å². The predicted molar refractivity (Wildman–Crippen MR) is 104 cm³/mol. The van der Waals surface area contributed by atoms with Crippen LogP contribution in [0.1, 0.15) is 16.7 Å². The van der Waals surface area contributed by atoms with Crippen molar-refractivity contribution in [1.29, 1.82) is 0 Å². The van der Waals surface area contributed by atoms with E-state index in [2.05, 4.69) is 22.1 Å². The van der Waals surface area contributed by atoms with Crippen LogP contribution in [0.3, 0.4) is 0 Å². The summed E-state index contributed by atoms with van der Waals surface area (Å²) in [5.74, 6) is 0.946. The fourth-order valence-electron chi connectivity index (χ4n) is 2.52. The molecule has 0 aliphatic carbocycles. The first-order valence-corrected chi connectivity index (χ1v) is 9.44. The first-order valence-electron chi connectivity index (χ1n) is 8.12. The highest BCUT2D eigenvalue weighted by Crippen LogP contribution is 2.27. The minimum absolute atomic E-state index is 0.0599. The van der Waals surface area contributed by atoms with Gasteiger partial charge in [-0.05, 0) is 40.6 Å². The van der Waals surface area contributed by atoms with Crippen LogP contribution in [0.2, 0.25) is 5.02 Å². The van der Waals surface area contributed by atoms with Crippen LogP contribution >= 0.6 is 22.9 Å². The van der Waals surface area contributed by atoms with Crippen molar-refractivity contribution in [2.24, 2.45) is 0 Å². The van der Waals surface area contributed by atoms with Crippen LogP contribution in [-0.4, -0.2) is 7.11 Å². The molecule has 6 heteroatoms. The monoisotopic (exact) mass is 391 g/mol. The Morgan fingerprint density at radius 3 is 2.77 bits per heavy atom. The van der Waals surface area contributed by atoms with Crippen LogP contribution in [0.15, 0.2) is 53.2 Å². The SMILES string of the molecule is COc1cc(OCc2c(F)cccc2Cl)ccc1CNCc1ccsc1. The lowest BCUT2D eigenvalue weighted by molar-refractivity contribution is 0.297. The van der Waals surface area contributed by atoms with Crippen molar-refractivity contribution < 1.29 is 13.9 Å². The fraction of sp³-hybridized carbons (Fsp3) is 0.200. The number of methoxy groups -OCH3 is 1. The molecule has 0 saturated carbocycles. The van der Waals surface area contributed by atoms with Crippen LogP contribution < -0.4 is 14.8 Å². The van der Waals surface area contributed by atoms with Crippen molar-refractivity contribution in [2.45, 2.75) is 19.7 Å². The second-order valence-corrected chi connectivity index (χ2v) is 6.88. The molecule has 0 fully saturated rings. The number of hydrogen-bond acceptors (Lipinski definition) is 4. The lowest BCUT2D eigenvalue weighted by Gasteiger charge is -2.13. The van der Waals surface area contributed by atoms with Gasteiger partial charge in [0.25, 0.3) is 0 Å². The zero-order valence-electron chi connectivity index (χ0n) is 14.3. The zero-order valence-corrected chi connectivity index (χ0v) is 15.9. The maximum atomic E-state index is 13.8. The molecule has 0 bridgehead atoms. The van der Waals surface area contributed by atoms with Crippen molar-refractivity contribution in [3.05, 3.63) is 80.8 Å². The van der Waals surface area contributed by atoms with Gasteiger partial charge in [0.05, 0.1) is 12.1 Å². The number of hydrogen-bond donors (Lipinski definition) is 1. The van der Waals surface area contributed by atoms with Gasteiger partial charge in [0.15, 0.2) is 0 Å². The van der Waals surface area contributed by atoms with Gasteiger partial charge in [-0.1, -0.05) is 23.7 Å². The van der Waals surface area contributed by atoms with Crippen molar-refractivity contribution in [1.82, 2.24) is 5.32 Å². The second kappa shape index (κ2) is 9.03. The average Bonchev–Trinajstić information content (AvgIpc) is 3.15. The fourth-order valence-corrected chi connectivity index (χ4v) is 3.41. The quantitative estimate of drug-likeness (QED) is 0.556. The maximum Gasteiger partial charge on any atom is 0.131 e. The summed E-state index contributed by atoms with van der Waals surface area (Å²) in [6, 6.07) is 12.3. The summed E-state index contributed by atoms with van der Waals surface area (Å²) in [5, 5.41) is 7.92. The van der Waals surface area contributed by atoms with Gasteiger partial charge in [0.1, 0.15) is 23.9 Å². The normalized spacial score (nSPS) is 10.7. The summed E-state index contributed by atoms with van der Waals surface area (Å²) in [6.45, 7) is 1.54. The molecular weight excluding hydrogens is 373 g/mol.